The molecule has 1 unspecified atom stereocenters. The summed E-state index contributed by atoms with van der Waals surface area (Å²) in [6, 6.07) is 16.0. The highest BCUT2D eigenvalue weighted by Crippen LogP contribution is 2.39. The molecule has 0 fully saturated rings. The van der Waals surface area contributed by atoms with Gasteiger partial charge in [-0.1, -0.05) is 18.2 Å². The smallest absolute Gasteiger partial charge is 0.223 e. The van der Waals surface area contributed by atoms with Crippen LogP contribution in [0.15, 0.2) is 47.5 Å². The Kier molecular flexibility index (Phi) is 7.38. The molecule has 0 saturated heterocycles. The molecule has 0 aliphatic heterocycles. The standard InChI is InChI=1S/C23H29N5O/c1-17(29)28(6)23-21(26(2)3)13-18(14-22(23)27(4)5)12-19(15-24)16-25-20-10-8-7-9-11-20/h7-11,13-14,16,19H,12H2,1-6H3. The molecule has 0 spiro atoms. The molecule has 6 heteroatoms. The van der Waals surface area contributed by atoms with Crippen molar-refractivity contribution in [3.05, 3.63) is 48.0 Å². The highest BCUT2D eigenvalue weighted by molar-refractivity contribution is 6.00. The number of amides is 1. The van der Waals surface area contributed by atoms with E-state index >= 15 is 0 Å². The van der Waals surface area contributed by atoms with E-state index < -0.39 is 0 Å². The monoisotopic (exact) mass is 391 g/mol. The second-order valence-electron chi connectivity index (χ2n) is 7.40. The Hall–Kier alpha value is -3.33. The number of carbonyl (C=O) groups excluding carboxylic acids is 1. The van der Waals surface area contributed by atoms with Crippen molar-refractivity contribution in [2.75, 3.05) is 49.9 Å². The van der Waals surface area contributed by atoms with Gasteiger partial charge in [0, 0.05) is 48.4 Å². The first-order valence-corrected chi connectivity index (χ1v) is 9.49. The number of carbonyl (C=O) groups is 1. The number of para-hydroxylation sites is 1. The van der Waals surface area contributed by atoms with Crippen molar-refractivity contribution in [1.29, 1.82) is 5.26 Å². The lowest BCUT2D eigenvalue weighted by molar-refractivity contribution is -0.116. The van der Waals surface area contributed by atoms with Crippen LogP contribution in [0, 0.1) is 17.2 Å². The lowest BCUT2D eigenvalue weighted by Gasteiger charge is -2.30. The summed E-state index contributed by atoms with van der Waals surface area (Å²) in [5.74, 6) is -0.384. The summed E-state index contributed by atoms with van der Waals surface area (Å²) in [5, 5.41) is 9.62. The summed E-state index contributed by atoms with van der Waals surface area (Å²) in [5.41, 5.74) is 4.56. The lowest BCUT2D eigenvalue weighted by atomic mass is 9.98. The van der Waals surface area contributed by atoms with E-state index in [1.807, 2.05) is 80.5 Å². The Labute approximate surface area is 173 Å². The average molecular weight is 392 g/mol. The van der Waals surface area contributed by atoms with Crippen LogP contribution in [0.1, 0.15) is 12.5 Å². The zero-order valence-corrected chi connectivity index (χ0v) is 18.0. The Morgan fingerprint density at radius 3 is 2.07 bits per heavy atom. The first-order chi connectivity index (χ1) is 13.7. The van der Waals surface area contributed by atoms with Crippen LogP contribution in [0.3, 0.4) is 0 Å². The molecule has 0 bridgehead atoms. The third-order valence-corrected chi connectivity index (χ3v) is 4.68. The Balaban J connectivity index is 2.43. The number of nitriles is 1. The van der Waals surface area contributed by atoms with Crippen LogP contribution in [-0.4, -0.2) is 47.4 Å². The van der Waals surface area contributed by atoms with Gasteiger partial charge in [0.25, 0.3) is 0 Å². The SMILES string of the molecule is CC(=O)N(C)c1c(N(C)C)cc(CC(C#N)C=Nc2ccccc2)cc1N(C)C. The molecule has 0 aliphatic carbocycles. The summed E-state index contributed by atoms with van der Waals surface area (Å²) in [6.07, 6.45) is 2.24. The number of rotatable bonds is 7. The largest absolute Gasteiger partial charge is 0.376 e. The van der Waals surface area contributed by atoms with Crippen molar-refractivity contribution >= 4 is 34.9 Å². The molecule has 2 aromatic carbocycles. The molecule has 0 saturated carbocycles. The van der Waals surface area contributed by atoms with Gasteiger partial charge in [0.2, 0.25) is 5.91 Å². The first kappa shape index (κ1) is 22.0. The van der Waals surface area contributed by atoms with E-state index in [0.29, 0.717) is 6.42 Å². The van der Waals surface area contributed by atoms with E-state index in [1.54, 1.807) is 25.1 Å². The maximum absolute atomic E-state index is 12.1. The van der Waals surface area contributed by atoms with Crippen LogP contribution in [0.2, 0.25) is 0 Å². The van der Waals surface area contributed by atoms with Crippen molar-refractivity contribution in [1.82, 2.24) is 0 Å². The van der Waals surface area contributed by atoms with E-state index in [1.165, 1.54) is 0 Å². The fourth-order valence-corrected chi connectivity index (χ4v) is 3.04. The van der Waals surface area contributed by atoms with Gasteiger partial charge in [0.1, 0.15) is 0 Å². The molecule has 0 N–H and O–H groups in total. The molecule has 152 valence electrons. The van der Waals surface area contributed by atoms with Gasteiger partial charge in [-0.2, -0.15) is 5.26 Å². The van der Waals surface area contributed by atoms with Crippen LogP contribution in [0.4, 0.5) is 22.7 Å². The zero-order chi connectivity index (χ0) is 21.6. The average Bonchev–Trinajstić information content (AvgIpc) is 2.70. The van der Waals surface area contributed by atoms with Crippen molar-refractivity contribution in [2.24, 2.45) is 10.9 Å². The van der Waals surface area contributed by atoms with E-state index in [4.69, 9.17) is 0 Å². The number of hydrogen-bond acceptors (Lipinski definition) is 5. The predicted octanol–water partition coefficient (Wildman–Crippen LogP) is 3.89. The van der Waals surface area contributed by atoms with Crippen LogP contribution in [0.5, 0.6) is 0 Å². The summed E-state index contributed by atoms with van der Waals surface area (Å²) in [6.45, 7) is 1.55. The molecular formula is C23H29N5O. The molecule has 1 amide bonds. The zero-order valence-electron chi connectivity index (χ0n) is 18.0. The molecule has 2 aromatic rings. The summed E-state index contributed by atoms with van der Waals surface area (Å²) in [7, 11) is 9.59. The van der Waals surface area contributed by atoms with Crippen molar-refractivity contribution in [3.8, 4) is 6.07 Å². The maximum Gasteiger partial charge on any atom is 0.223 e. The molecule has 1 atom stereocenters. The van der Waals surface area contributed by atoms with Crippen molar-refractivity contribution < 1.29 is 4.79 Å². The summed E-state index contributed by atoms with van der Waals surface area (Å²) < 4.78 is 0. The van der Waals surface area contributed by atoms with E-state index in [0.717, 1.165) is 28.3 Å². The van der Waals surface area contributed by atoms with Crippen molar-refractivity contribution in [3.63, 3.8) is 0 Å². The van der Waals surface area contributed by atoms with Crippen LogP contribution in [-0.2, 0) is 11.2 Å². The molecule has 0 aliphatic rings. The second kappa shape index (κ2) is 9.74. The van der Waals surface area contributed by atoms with E-state index in [2.05, 4.69) is 11.1 Å². The number of hydrogen-bond donors (Lipinski definition) is 0. The minimum Gasteiger partial charge on any atom is -0.376 e. The minimum atomic E-state index is -0.350. The highest BCUT2D eigenvalue weighted by Gasteiger charge is 2.21. The van der Waals surface area contributed by atoms with Gasteiger partial charge < -0.3 is 14.7 Å². The van der Waals surface area contributed by atoms with Crippen LogP contribution < -0.4 is 14.7 Å². The predicted molar refractivity (Wildman–Crippen MR) is 122 cm³/mol. The van der Waals surface area contributed by atoms with Gasteiger partial charge >= 0.3 is 0 Å². The molecule has 6 nitrogen and oxygen atoms in total. The van der Waals surface area contributed by atoms with Crippen molar-refractivity contribution in [2.45, 2.75) is 13.3 Å². The summed E-state index contributed by atoms with van der Waals surface area (Å²) in [4.78, 5) is 22.1. The fraction of sp³-hybridized carbons (Fsp3) is 0.348. The van der Waals surface area contributed by atoms with Gasteiger partial charge in [-0.25, -0.2) is 0 Å². The minimum absolute atomic E-state index is 0.0335. The second-order valence-corrected chi connectivity index (χ2v) is 7.40. The molecule has 29 heavy (non-hydrogen) atoms. The molecule has 0 heterocycles. The lowest BCUT2D eigenvalue weighted by Crippen LogP contribution is -2.28. The van der Waals surface area contributed by atoms with Gasteiger partial charge in [0.15, 0.2) is 0 Å². The maximum atomic E-state index is 12.1. The number of nitrogens with zero attached hydrogens (tertiary/aromatic N) is 5. The third kappa shape index (κ3) is 5.58. The third-order valence-electron chi connectivity index (χ3n) is 4.68. The topological polar surface area (TPSA) is 62.9 Å². The fourth-order valence-electron chi connectivity index (χ4n) is 3.04. The van der Waals surface area contributed by atoms with Gasteiger partial charge in [0.05, 0.1) is 34.7 Å². The van der Waals surface area contributed by atoms with E-state index in [-0.39, 0.29) is 11.8 Å². The Morgan fingerprint density at radius 2 is 1.62 bits per heavy atom. The van der Waals surface area contributed by atoms with Gasteiger partial charge in [-0.15, -0.1) is 0 Å². The first-order valence-electron chi connectivity index (χ1n) is 9.49. The molecular weight excluding hydrogens is 362 g/mol. The Morgan fingerprint density at radius 1 is 1.07 bits per heavy atom. The summed E-state index contributed by atoms with van der Waals surface area (Å²) >= 11 is 0. The van der Waals surface area contributed by atoms with E-state index in [9.17, 15) is 10.1 Å². The molecule has 2 rings (SSSR count). The van der Waals surface area contributed by atoms with Gasteiger partial charge in [-0.05, 0) is 36.2 Å². The number of aliphatic imine (C=N–C) groups is 1. The highest BCUT2D eigenvalue weighted by atomic mass is 16.2. The molecule has 0 radical (unpaired) electrons. The van der Waals surface area contributed by atoms with Crippen LogP contribution in [0.25, 0.3) is 0 Å². The number of benzene rings is 2. The van der Waals surface area contributed by atoms with Crippen LogP contribution >= 0.6 is 0 Å². The normalized spacial score (nSPS) is 11.8. The van der Waals surface area contributed by atoms with Gasteiger partial charge in [-0.3, -0.25) is 9.79 Å². The quantitative estimate of drug-likeness (QED) is 0.672. The molecule has 0 aromatic heterocycles. The number of anilines is 3. The Bertz CT molecular complexity index is 884.